The molecule has 0 saturated heterocycles. The Hall–Kier alpha value is -2.25. The van der Waals surface area contributed by atoms with Crippen LogP contribution in [-0.2, 0) is 23.0 Å². The molecule has 0 spiro atoms. The van der Waals surface area contributed by atoms with Crippen molar-refractivity contribution in [2.75, 3.05) is 21.3 Å². The van der Waals surface area contributed by atoms with E-state index >= 15 is 0 Å². The van der Waals surface area contributed by atoms with Crippen molar-refractivity contribution in [3.05, 3.63) is 47.5 Å². The first kappa shape index (κ1) is 19.1. The first-order valence-corrected chi connectivity index (χ1v) is 9.31. The summed E-state index contributed by atoms with van der Waals surface area (Å²) in [6.07, 6.45) is 0.858. The average Bonchev–Trinajstić information content (AvgIpc) is 2.65. The SMILES string of the molecule is CCc1ccc(S(=O)(=O)NCc2cc(OC)c(OC)cc2OC)cc1. The molecule has 0 radical (unpaired) electrons. The molecule has 25 heavy (non-hydrogen) atoms. The van der Waals surface area contributed by atoms with Crippen molar-refractivity contribution in [3.8, 4) is 17.2 Å². The van der Waals surface area contributed by atoms with Gasteiger partial charge in [-0.1, -0.05) is 19.1 Å². The maximum absolute atomic E-state index is 12.5. The van der Waals surface area contributed by atoms with E-state index in [2.05, 4.69) is 4.72 Å². The molecular formula is C18H23NO5S. The monoisotopic (exact) mass is 365 g/mol. The molecule has 2 rings (SSSR count). The summed E-state index contributed by atoms with van der Waals surface area (Å²) < 4.78 is 43.3. The Labute approximate surface area is 148 Å². The molecule has 0 bridgehead atoms. The predicted molar refractivity (Wildman–Crippen MR) is 95.9 cm³/mol. The Balaban J connectivity index is 2.24. The number of benzene rings is 2. The Kier molecular flexibility index (Phi) is 6.27. The Bertz CT molecular complexity index is 816. The molecule has 0 fully saturated rings. The van der Waals surface area contributed by atoms with E-state index in [0.29, 0.717) is 22.8 Å². The van der Waals surface area contributed by atoms with Crippen molar-refractivity contribution in [3.63, 3.8) is 0 Å². The van der Waals surface area contributed by atoms with Crippen LogP contribution in [-0.4, -0.2) is 29.7 Å². The molecule has 0 aliphatic rings. The summed E-state index contributed by atoms with van der Waals surface area (Å²) in [7, 11) is 0.944. The van der Waals surface area contributed by atoms with Gasteiger partial charge in [0.2, 0.25) is 10.0 Å². The number of nitrogens with one attached hydrogen (secondary N) is 1. The molecule has 0 aliphatic heterocycles. The molecule has 0 atom stereocenters. The van der Waals surface area contributed by atoms with E-state index in [1.165, 1.54) is 21.3 Å². The van der Waals surface area contributed by atoms with Crippen LogP contribution in [0.15, 0.2) is 41.3 Å². The van der Waals surface area contributed by atoms with Gasteiger partial charge in [0, 0.05) is 18.2 Å². The van der Waals surface area contributed by atoms with Crippen LogP contribution in [0.25, 0.3) is 0 Å². The minimum absolute atomic E-state index is 0.0708. The van der Waals surface area contributed by atoms with Crippen LogP contribution in [0.1, 0.15) is 18.1 Å². The van der Waals surface area contributed by atoms with E-state index in [9.17, 15) is 8.42 Å². The van der Waals surface area contributed by atoms with Gasteiger partial charge in [-0.05, 0) is 30.2 Å². The van der Waals surface area contributed by atoms with Gasteiger partial charge in [0.15, 0.2) is 11.5 Å². The van der Waals surface area contributed by atoms with Gasteiger partial charge in [-0.25, -0.2) is 13.1 Å². The minimum atomic E-state index is -3.62. The zero-order valence-corrected chi connectivity index (χ0v) is 15.6. The van der Waals surface area contributed by atoms with Gasteiger partial charge in [0.25, 0.3) is 0 Å². The van der Waals surface area contributed by atoms with Crippen molar-refractivity contribution < 1.29 is 22.6 Å². The fourth-order valence-electron chi connectivity index (χ4n) is 2.39. The largest absolute Gasteiger partial charge is 0.496 e. The Morgan fingerprint density at radius 1 is 0.880 bits per heavy atom. The zero-order chi connectivity index (χ0) is 18.4. The standard InChI is InChI=1S/C18H23NO5S/c1-5-13-6-8-15(9-7-13)25(20,21)19-12-14-10-17(23-3)18(24-4)11-16(14)22-2/h6-11,19H,5,12H2,1-4H3. The highest BCUT2D eigenvalue weighted by molar-refractivity contribution is 7.89. The second-order valence-electron chi connectivity index (χ2n) is 5.34. The number of ether oxygens (including phenoxy) is 3. The normalized spacial score (nSPS) is 11.2. The minimum Gasteiger partial charge on any atom is -0.496 e. The fourth-order valence-corrected chi connectivity index (χ4v) is 3.40. The summed E-state index contributed by atoms with van der Waals surface area (Å²) in [6.45, 7) is 2.09. The van der Waals surface area contributed by atoms with Gasteiger partial charge in [0.05, 0.1) is 26.2 Å². The highest BCUT2D eigenvalue weighted by Gasteiger charge is 2.17. The number of hydrogen-bond acceptors (Lipinski definition) is 5. The molecule has 2 aromatic rings. The molecule has 0 aromatic heterocycles. The van der Waals surface area contributed by atoms with Gasteiger partial charge in [-0.2, -0.15) is 0 Å². The van der Waals surface area contributed by atoms with Crippen LogP contribution < -0.4 is 18.9 Å². The second kappa shape index (κ2) is 8.22. The highest BCUT2D eigenvalue weighted by Crippen LogP contribution is 2.34. The third-order valence-electron chi connectivity index (χ3n) is 3.88. The smallest absolute Gasteiger partial charge is 0.240 e. The summed E-state index contributed by atoms with van der Waals surface area (Å²) in [5.74, 6) is 1.53. The lowest BCUT2D eigenvalue weighted by atomic mass is 10.1. The maximum Gasteiger partial charge on any atom is 0.240 e. The molecule has 2 aromatic carbocycles. The lowest BCUT2D eigenvalue weighted by Gasteiger charge is -2.15. The van der Waals surface area contributed by atoms with Crippen molar-refractivity contribution >= 4 is 10.0 Å². The van der Waals surface area contributed by atoms with Gasteiger partial charge >= 0.3 is 0 Å². The Morgan fingerprint density at radius 3 is 1.96 bits per heavy atom. The van der Waals surface area contributed by atoms with Crippen LogP contribution in [0.5, 0.6) is 17.2 Å². The van der Waals surface area contributed by atoms with E-state index in [4.69, 9.17) is 14.2 Å². The van der Waals surface area contributed by atoms with E-state index in [1.807, 2.05) is 19.1 Å². The van der Waals surface area contributed by atoms with Gasteiger partial charge < -0.3 is 14.2 Å². The van der Waals surface area contributed by atoms with Crippen LogP contribution >= 0.6 is 0 Å². The molecular weight excluding hydrogens is 342 g/mol. The molecule has 0 unspecified atom stereocenters. The van der Waals surface area contributed by atoms with Gasteiger partial charge in [-0.15, -0.1) is 0 Å². The first-order valence-electron chi connectivity index (χ1n) is 7.82. The van der Waals surface area contributed by atoms with Gasteiger partial charge in [0.1, 0.15) is 5.75 Å². The van der Waals surface area contributed by atoms with Crippen LogP contribution in [0.4, 0.5) is 0 Å². The quantitative estimate of drug-likeness (QED) is 0.779. The zero-order valence-electron chi connectivity index (χ0n) is 14.8. The highest BCUT2D eigenvalue weighted by atomic mass is 32.2. The molecule has 0 aliphatic carbocycles. The molecule has 1 N–H and O–H groups in total. The number of hydrogen-bond donors (Lipinski definition) is 1. The van der Waals surface area contributed by atoms with Crippen molar-refractivity contribution in [2.45, 2.75) is 24.8 Å². The molecule has 136 valence electrons. The first-order chi connectivity index (χ1) is 11.9. The van der Waals surface area contributed by atoms with Crippen molar-refractivity contribution in [1.29, 1.82) is 0 Å². The summed E-state index contributed by atoms with van der Waals surface area (Å²) in [5, 5.41) is 0. The molecule has 6 nitrogen and oxygen atoms in total. The van der Waals surface area contributed by atoms with Gasteiger partial charge in [-0.3, -0.25) is 0 Å². The van der Waals surface area contributed by atoms with E-state index in [-0.39, 0.29) is 11.4 Å². The number of rotatable bonds is 8. The molecule has 0 heterocycles. The summed E-state index contributed by atoms with van der Waals surface area (Å²) in [5.41, 5.74) is 1.73. The third-order valence-corrected chi connectivity index (χ3v) is 5.30. The number of methoxy groups -OCH3 is 3. The lowest BCUT2D eigenvalue weighted by molar-refractivity contribution is 0.347. The summed E-state index contributed by atoms with van der Waals surface area (Å²) in [4.78, 5) is 0.226. The topological polar surface area (TPSA) is 73.9 Å². The maximum atomic E-state index is 12.5. The lowest BCUT2D eigenvalue weighted by Crippen LogP contribution is -2.23. The number of sulfonamides is 1. The van der Waals surface area contributed by atoms with Crippen LogP contribution in [0.3, 0.4) is 0 Å². The molecule has 0 amide bonds. The number of aryl methyl sites for hydroxylation is 1. The van der Waals surface area contributed by atoms with E-state index in [0.717, 1.165) is 12.0 Å². The summed E-state index contributed by atoms with van der Waals surface area (Å²) in [6, 6.07) is 10.2. The fraction of sp³-hybridized carbons (Fsp3) is 0.333. The average molecular weight is 365 g/mol. The molecule has 0 saturated carbocycles. The van der Waals surface area contributed by atoms with Crippen LogP contribution in [0, 0.1) is 0 Å². The van der Waals surface area contributed by atoms with Crippen LogP contribution in [0.2, 0.25) is 0 Å². The summed E-state index contributed by atoms with van der Waals surface area (Å²) >= 11 is 0. The van der Waals surface area contributed by atoms with Crippen molar-refractivity contribution in [2.24, 2.45) is 0 Å². The van der Waals surface area contributed by atoms with E-state index < -0.39 is 10.0 Å². The Morgan fingerprint density at radius 2 is 1.44 bits per heavy atom. The second-order valence-corrected chi connectivity index (χ2v) is 7.11. The molecule has 7 heteroatoms. The third kappa shape index (κ3) is 4.43. The predicted octanol–water partition coefficient (Wildman–Crippen LogP) is 2.75. The van der Waals surface area contributed by atoms with E-state index in [1.54, 1.807) is 24.3 Å². The van der Waals surface area contributed by atoms with Crippen molar-refractivity contribution in [1.82, 2.24) is 4.72 Å².